The summed E-state index contributed by atoms with van der Waals surface area (Å²) < 4.78 is 22.2. The third-order valence-corrected chi connectivity index (χ3v) is 3.92. The zero-order valence-corrected chi connectivity index (χ0v) is 9.42. The zero-order chi connectivity index (χ0) is 10.6. The molecule has 0 radical (unpaired) electrons. The fraction of sp³-hybridized carbons (Fsp3) is 0.900. The van der Waals surface area contributed by atoms with Crippen molar-refractivity contribution < 1.29 is 13.2 Å². The van der Waals surface area contributed by atoms with Gasteiger partial charge >= 0.3 is 0 Å². The molecule has 1 saturated carbocycles. The first kappa shape index (κ1) is 11.7. The molecule has 0 bridgehead atoms. The van der Waals surface area contributed by atoms with E-state index in [4.69, 9.17) is 0 Å². The van der Waals surface area contributed by atoms with Crippen molar-refractivity contribution in [1.29, 1.82) is 0 Å². The van der Waals surface area contributed by atoms with Crippen LogP contribution in [0.2, 0.25) is 0 Å². The molecule has 3 nitrogen and oxygen atoms in total. The van der Waals surface area contributed by atoms with Gasteiger partial charge in [0, 0.05) is 12.2 Å². The van der Waals surface area contributed by atoms with E-state index in [0.29, 0.717) is 5.92 Å². The molecular weight excluding hydrogens is 200 g/mol. The van der Waals surface area contributed by atoms with Crippen LogP contribution in [0, 0.1) is 11.8 Å². The monoisotopic (exact) mass is 218 g/mol. The third kappa shape index (κ3) is 3.78. The van der Waals surface area contributed by atoms with Gasteiger partial charge in [0.05, 0.1) is 5.75 Å². The molecule has 0 saturated heterocycles. The molecule has 0 spiro atoms. The van der Waals surface area contributed by atoms with Gasteiger partial charge in [0.15, 0.2) is 0 Å². The van der Waals surface area contributed by atoms with Crippen molar-refractivity contribution in [3.05, 3.63) is 0 Å². The van der Waals surface area contributed by atoms with Crippen LogP contribution < -0.4 is 0 Å². The molecule has 0 aliphatic heterocycles. The molecule has 1 fully saturated rings. The van der Waals surface area contributed by atoms with Crippen molar-refractivity contribution in [2.24, 2.45) is 11.8 Å². The summed E-state index contributed by atoms with van der Waals surface area (Å²) in [5.41, 5.74) is 0. The van der Waals surface area contributed by atoms with E-state index in [1.807, 2.05) is 0 Å². The van der Waals surface area contributed by atoms with Crippen LogP contribution in [0.15, 0.2) is 0 Å². The fourth-order valence-electron chi connectivity index (χ4n) is 2.20. The van der Waals surface area contributed by atoms with Gasteiger partial charge in [0.2, 0.25) is 0 Å². The van der Waals surface area contributed by atoms with Crippen molar-refractivity contribution in [2.45, 2.75) is 32.1 Å². The van der Waals surface area contributed by atoms with Crippen LogP contribution in [-0.4, -0.2) is 26.7 Å². The highest BCUT2D eigenvalue weighted by molar-refractivity contribution is 7.90. The zero-order valence-electron chi connectivity index (χ0n) is 8.61. The molecule has 0 heterocycles. The highest BCUT2D eigenvalue weighted by atomic mass is 32.2. The van der Waals surface area contributed by atoms with Crippen LogP contribution in [0.1, 0.15) is 32.1 Å². The first-order valence-electron chi connectivity index (χ1n) is 5.16. The molecule has 0 aromatic rings. The summed E-state index contributed by atoms with van der Waals surface area (Å²) in [5.74, 6) is 0.0579. The first-order valence-corrected chi connectivity index (χ1v) is 7.22. The lowest BCUT2D eigenvalue weighted by molar-refractivity contribution is -0.112. The van der Waals surface area contributed by atoms with Gasteiger partial charge < -0.3 is 4.79 Å². The number of aldehydes is 1. The van der Waals surface area contributed by atoms with E-state index in [1.54, 1.807) is 0 Å². The van der Waals surface area contributed by atoms with Crippen molar-refractivity contribution in [2.75, 3.05) is 12.0 Å². The molecule has 1 aliphatic rings. The predicted octanol–water partition coefficient (Wildman–Crippen LogP) is 1.43. The lowest BCUT2D eigenvalue weighted by atomic mass is 9.81. The average molecular weight is 218 g/mol. The molecule has 0 aromatic heterocycles. The number of rotatable bonds is 4. The Balaban J connectivity index is 2.56. The summed E-state index contributed by atoms with van der Waals surface area (Å²) in [7, 11) is -3.02. The Morgan fingerprint density at radius 1 is 1.29 bits per heavy atom. The summed E-state index contributed by atoms with van der Waals surface area (Å²) in [6.45, 7) is 0. The van der Waals surface area contributed by atoms with Crippen molar-refractivity contribution in [3.63, 3.8) is 0 Å². The highest BCUT2D eigenvalue weighted by Crippen LogP contribution is 2.29. The molecule has 1 rings (SSSR count). The van der Waals surface area contributed by atoms with Crippen LogP contribution in [0.25, 0.3) is 0 Å². The smallest absolute Gasteiger partial charge is 0.148 e. The Labute approximate surface area is 85.8 Å². The predicted molar refractivity (Wildman–Crippen MR) is 55.8 cm³/mol. The van der Waals surface area contributed by atoms with Crippen molar-refractivity contribution >= 4 is 16.1 Å². The Hall–Kier alpha value is -0.380. The SMILES string of the molecule is CS(=O)(=O)C[C@H](C=O)C1CCCCC1. The van der Waals surface area contributed by atoms with E-state index in [1.165, 1.54) is 12.7 Å². The van der Waals surface area contributed by atoms with Crippen LogP contribution in [0.5, 0.6) is 0 Å². The summed E-state index contributed by atoms with van der Waals surface area (Å²) in [6, 6.07) is 0. The van der Waals surface area contributed by atoms with Gasteiger partial charge in [0.1, 0.15) is 16.1 Å². The van der Waals surface area contributed by atoms with Crippen LogP contribution in [-0.2, 0) is 14.6 Å². The minimum atomic E-state index is -3.02. The van der Waals surface area contributed by atoms with E-state index in [9.17, 15) is 13.2 Å². The molecular formula is C10H18O3S. The third-order valence-electron chi connectivity index (χ3n) is 2.93. The summed E-state index contributed by atoms with van der Waals surface area (Å²) in [6.07, 6.45) is 7.56. The van der Waals surface area contributed by atoms with Gasteiger partial charge in [-0.05, 0) is 18.8 Å². The maximum absolute atomic E-state index is 11.1. The Kier molecular flexibility index (Phi) is 4.11. The van der Waals surface area contributed by atoms with Gasteiger partial charge in [0.25, 0.3) is 0 Å². The maximum Gasteiger partial charge on any atom is 0.148 e. The quantitative estimate of drug-likeness (QED) is 0.671. The first-order chi connectivity index (χ1) is 6.53. The van der Waals surface area contributed by atoms with Crippen molar-refractivity contribution in [3.8, 4) is 0 Å². The van der Waals surface area contributed by atoms with E-state index < -0.39 is 9.84 Å². The largest absolute Gasteiger partial charge is 0.303 e. The Morgan fingerprint density at radius 2 is 1.86 bits per heavy atom. The lowest BCUT2D eigenvalue weighted by Crippen LogP contribution is -2.26. The van der Waals surface area contributed by atoms with E-state index in [0.717, 1.165) is 32.0 Å². The van der Waals surface area contributed by atoms with Gasteiger partial charge in [-0.2, -0.15) is 0 Å². The fourth-order valence-corrected chi connectivity index (χ4v) is 3.25. The molecule has 1 atom stereocenters. The van der Waals surface area contributed by atoms with Gasteiger partial charge in [-0.1, -0.05) is 19.3 Å². The molecule has 0 aromatic carbocycles. The Morgan fingerprint density at radius 3 is 2.29 bits per heavy atom. The number of hydrogen-bond acceptors (Lipinski definition) is 3. The molecule has 82 valence electrons. The van der Waals surface area contributed by atoms with E-state index in [-0.39, 0.29) is 11.7 Å². The van der Waals surface area contributed by atoms with E-state index >= 15 is 0 Å². The van der Waals surface area contributed by atoms with E-state index in [2.05, 4.69) is 0 Å². The summed E-state index contributed by atoms with van der Waals surface area (Å²) >= 11 is 0. The molecule has 14 heavy (non-hydrogen) atoms. The average Bonchev–Trinajstić information content (AvgIpc) is 2.14. The highest BCUT2D eigenvalue weighted by Gasteiger charge is 2.25. The van der Waals surface area contributed by atoms with Crippen molar-refractivity contribution in [1.82, 2.24) is 0 Å². The molecule has 0 amide bonds. The van der Waals surface area contributed by atoms with Gasteiger partial charge in [-0.15, -0.1) is 0 Å². The molecule has 0 N–H and O–H groups in total. The second kappa shape index (κ2) is 4.91. The number of carbonyl (C=O) groups is 1. The topological polar surface area (TPSA) is 51.2 Å². The Bertz CT molecular complexity index is 276. The van der Waals surface area contributed by atoms with Gasteiger partial charge in [-0.25, -0.2) is 8.42 Å². The second-order valence-electron chi connectivity index (χ2n) is 4.29. The minimum Gasteiger partial charge on any atom is -0.303 e. The lowest BCUT2D eigenvalue weighted by Gasteiger charge is -2.25. The molecule has 4 heteroatoms. The second-order valence-corrected chi connectivity index (χ2v) is 6.48. The molecule has 1 aliphatic carbocycles. The maximum atomic E-state index is 11.1. The van der Waals surface area contributed by atoms with Crippen LogP contribution in [0.3, 0.4) is 0 Å². The number of carbonyl (C=O) groups excluding carboxylic acids is 1. The summed E-state index contributed by atoms with van der Waals surface area (Å²) in [5, 5.41) is 0. The number of sulfone groups is 1. The van der Waals surface area contributed by atoms with Crippen LogP contribution >= 0.6 is 0 Å². The normalized spacial score (nSPS) is 21.8. The van der Waals surface area contributed by atoms with Gasteiger partial charge in [-0.3, -0.25) is 0 Å². The minimum absolute atomic E-state index is 0.0289. The van der Waals surface area contributed by atoms with Crippen LogP contribution in [0.4, 0.5) is 0 Å². The molecule has 0 unspecified atom stereocenters. The standard InChI is InChI=1S/C10H18O3S/c1-14(12,13)8-10(7-11)9-5-3-2-4-6-9/h7,9-10H,2-6,8H2,1H3/t10-/m0/s1. The summed E-state index contributed by atoms with van der Waals surface area (Å²) in [4.78, 5) is 10.8. The number of hydrogen-bond donors (Lipinski definition) is 0.